The van der Waals surface area contributed by atoms with Crippen molar-refractivity contribution in [1.29, 1.82) is 0 Å². The number of carbonyl (C=O) groups is 1. The number of nitrogens with zero attached hydrogens (tertiary/aromatic N) is 2. The van der Waals surface area contributed by atoms with Crippen LogP contribution in [0.25, 0.3) is 0 Å². The van der Waals surface area contributed by atoms with E-state index >= 15 is 0 Å². The Kier molecular flexibility index (Phi) is 3.76. The third-order valence-corrected chi connectivity index (χ3v) is 4.40. The van der Waals surface area contributed by atoms with Gasteiger partial charge in [-0.1, -0.05) is 0 Å². The lowest BCUT2D eigenvalue weighted by molar-refractivity contribution is 0.0280. The second-order valence-corrected chi connectivity index (χ2v) is 5.76. The molecule has 0 aromatic carbocycles. The summed E-state index contributed by atoms with van der Waals surface area (Å²) in [7, 11) is 1.70. The average Bonchev–Trinajstić information content (AvgIpc) is 3.10. The molecule has 1 spiro atoms. The average molecular weight is 280 g/mol. The summed E-state index contributed by atoms with van der Waals surface area (Å²) in [5.74, 6) is -0.0408. The highest BCUT2D eigenvalue weighted by Crippen LogP contribution is 2.42. The largest absolute Gasteiger partial charge is 0.451 e. The van der Waals surface area contributed by atoms with Crippen LogP contribution in [-0.4, -0.2) is 55.3 Å². The number of carbonyl (C=O) groups excluding carboxylic acids is 1. The van der Waals surface area contributed by atoms with Gasteiger partial charge in [0.25, 0.3) is 5.91 Å². The molecule has 1 aromatic rings. The molecule has 1 atom stereocenters. The normalized spacial score (nSPS) is 25.2. The maximum absolute atomic E-state index is 12.2. The first-order valence-electron chi connectivity index (χ1n) is 7.00. The Bertz CT molecular complexity index is 452. The Balaban J connectivity index is 1.56. The van der Waals surface area contributed by atoms with E-state index in [1.54, 1.807) is 7.11 Å². The zero-order valence-electron chi connectivity index (χ0n) is 11.7. The third kappa shape index (κ3) is 2.58. The van der Waals surface area contributed by atoms with Crippen LogP contribution in [0, 0.1) is 5.41 Å². The molecule has 20 heavy (non-hydrogen) atoms. The van der Waals surface area contributed by atoms with E-state index in [0.717, 1.165) is 39.0 Å². The molecule has 2 aliphatic rings. The van der Waals surface area contributed by atoms with Crippen LogP contribution in [0.2, 0.25) is 0 Å². The number of hydrogen-bond donors (Lipinski definition) is 0. The maximum atomic E-state index is 12.2. The van der Waals surface area contributed by atoms with Crippen LogP contribution in [0.5, 0.6) is 0 Å². The Hall–Kier alpha value is -1.40. The number of rotatable bonds is 3. The van der Waals surface area contributed by atoms with Crippen molar-refractivity contribution < 1.29 is 18.7 Å². The summed E-state index contributed by atoms with van der Waals surface area (Å²) < 4.78 is 15.8. The topological polar surface area (TPSA) is 64.8 Å². The van der Waals surface area contributed by atoms with E-state index in [4.69, 9.17) is 13.9 Å². The summed E-state index contributed by atoms with van der Waals surface area (Å²) in [5, 5.41) is 0. The van der Waals surface area contributed by atoms with E-state index in [9.17, 15) is 4.79 Å². The number of likely N-dealkylation sites (tertiary alicyclic amines) is 1. The second kappa shape index (κ2) is 5.54. The molecule has 3 heterocycles. The van der Waals surface area contributed by atoms with Crippen LogP contribution in [0.1, 0.15) is 29.8 Å². The van der Waals surface area contributed by atoms with E-state index < -0.39 is 0 Å². The number of methoxy groups -OCH3 is 1. The number of ether oxygens (including phenoxy) is 2. The Morgan fingerprint density at radius 2 is 2.35 bits per heavy atom. The molecule has 2 aliphatic heterocycles. The van der Waals surface area contributed by atoms with Gasteiger partial charge < -0.3 is 18.8 Å². The molecular formula is C14H20N2O4. The van der Waals surface area contributed by atoms with Gasteiger partial charge in [0, 0.05) is 20.2 Å². The van der Waals surface area contributed by atoms with Gasteiger partial charge in [0.1, 0.15) is 6.26 Å². The molecule has 6 heteroatoms. The van der Waals surface area contributed by atoms with Gasteiger partial charge in [0.15, 0.2) is 12.1 Å². The molecule has 6 nitrogen and oxygen atoms in total. The lowest BCUT2D eigenvalue weighted by Gasteiger charge is -2.38. The fraction of sp³-hybridized carbons (Fsp3) is 0.714. The van der Waals surface area contributed by atoms with Gasteiger partial charge in [-0.3, -0.25) is 4.79 Å². The van der Waals surface area contributed by atoms with Gasteiger partial charge in [-0.15, -0.1) is 0 Å². The minimum atomic E-state index is -0.0408. The quantitative estimate of drug-likeness (QED) is 0.835. The van der Waals surface area contributed by atoms with Crippen LogP contribution < -0.4 is 0 Å². The molecule has 1 aromatic heterocycles. The van der Waals surface area contributed by atoms with Crippen molar-refractivity contribution in [1.82, 2.24) is 9.88 Å². The van der Waals surface area contributed by atoms with E-state index in [-0.39, 0.29) is 17.4 Å². The highest BCUT2D eigenvalue weighted by atomic mass is 16.5. The standard InChI is InChI=1S/C14H20N2O4/c1-18-7-11-6-14(9-20-11)2-4-16(5-3-14)13(17)12-8-19-10-15-12/h8,10-11H,2-7,9H2,1H3. The van der Waals surface area contributed by atoms with Gasteiger partial charge in [-0.2, -0.15) is 0 Å². The van der Waals surface area contributed by atoms with Crippen molar-refractivity contribution in [2.75, 3.05) is 33.4 Å². The Morgan fingerprint density at radius 1 is 1.55 bits per heavy atom. The molecule has 1 unspecified atom stereocenters. The zero-order valence-corrected chi connectivity index (χ0v) is 11.7. The molecule has 0 radical (unpaired) electrons. The second-order valence-electron chi connectivity index (χ2n) is 5.76. The van der Waals surface area contributed by atoms with Crippen LogP contribution in [0.4, 0.5) is 0 Å². The summed E-state index contributed by atoms with van der Waals surface area (Å²) >= 11 is 0. The molecule has 1 amide bonds. The van der Waals surface area contributed by atoms with Gasteiger partial charge >= 0.3 is 0 Å². The van der Waals surface area contributed by atoms with Crippen molar-refractivity contribution in [3.8, 4) is 0 Å². The fourth-order valence-corrected chi connectivity index (χ4v) is 3.20. The first kappa shape index (κ1) is 13.6. The van der Waals surface area contributed by atoms with Gasteiger partial charge in [-0.25, -0.2) is 4.98 Å². The molecular weight excluding hydrogens is 260 g/mol. The minimum absolute atomic E-state index is 0.0408. The number of aromatic nitrogens is 1. The Labute approximate surface area is 118 Å². The van der Waals surface area contributed by atoms with Gasteiger partial charge in [-0.05, 0) is 24.7 Å². The molecule has 0 bridgehead atoms. The summed E-state index contributed by atoms with van der Waals surface area (Å²) in [4.78, 5) is 18.0. The lowest BCUT2D eigenvalue weighted by atomic mass is 9.76. The summed E-state index contributed by atoms with van der Waals surface area (Å²) in [6.07, 6.45) is 5.90. The lowest BCUT2D eigenvalue weighted by Crippen LogP contribution is -2.43. The van der Waals surface area contributed by atoms with Gasteiger partial charge in [0.2, 0.25) is 0 Å². The fourth-order valence-electron chi connectivity index (χ4n) is 3.20. The molecule has 2 saturated heterocycles. The van der Waals surface area contributed by atoms with Crippen molar-refractivity contribution in [2.45, 2.75) is 25.4 Å². The molecule has 110 valence electrons. The third-order valence-electron chi connectivity index (χ3n) is 4.40. The smallest absolute Gasteiger partial charge is 0.275 e. The molecule has 2 fully saturated rings. The number of amides is 1. The van der Waals surface area contributed by atoms with E-state index in [1.165, 1.54) is 12.7 Å². The highest BCUT2D eigenvalue weighted by molar-refractivity contribution is 5.91. The molecule has 3 rings (SSSR count). The predicted octanol–water partition coefficient (Wildman–Crippen LogP) is 1.33. The minimum Gasteiger partial charge on any atom is -0.451 e. The van der Waals surface area contributed by atoms with E-state index in [0.29, 0.717) is 12.3 Å². The monoisotopic (exact) mass is 280 g/mol. The number of piperidine rings is 1. The number of hydrogen-bond acceptors (Lipinski definition) is 5. The highest BCUT2D eigenvalue weighted by Gasteiger charge is 2.43. The van der Waals surface area contributed by atoms with E-state index in [2.05, 4.69) is 4.98 Å². The van der Waals surface area contributed by atoms with Crippen LogP contribution >= 0.6 is 0 Å². The summed E-state index contributed by atoms with van der Waals surface area (Å²) in [6.45, 7) is 2.96. The van der Waals surface area contributed by atoms with Crippen molar-refractivity contribution in [3.63, 3.8) is 0 Å². The van der Waals surface area contributed by atoms with Crippen LogP contribution in [0.15, 0.2) is 17.1 Å². The first-order chi connectivity index (χ1) is 9.72. The van der Waals surface area contributed by atoms with Crippen molar-refractivity contribution in [3.05, 3.63) is 18.4 Å². The predicted molar refractivity (Wildman–Crippen MR) is 70.3 cm³/mol. The van der Waals surface area contributed by atoms with Gasteiger partial charge in [0.05, 0.1) is 19.3 Å². The summed E-state index contributed by atoms with van der Waals surface area (Å²) in [5.41, 5.74) is 0.616. The maximum Gasteiger partial charge on any atom is 0.275 e. The molecule has 0 N–H and O–H groups in total. The SMILES string of the molecule is COCC1CC2(CCN(C(=O)c3cocn3)CC2)CO1. The summed E-state index contributed by atoms with van der Waals surface area (Å²) in [6, 6.07) is 0. The van der Waals surface area contributed by atoms with Crippen molar-refractivity contribution in [2.24, 2.45) is 5.41 Å². The first-order valence-corrected chi connectivity index (χ1v) is 7.00. The number of oxazole rings is 1. The molecule has 0 saturated carbocycles. The van der Waals surface area contributed by atoms with E-state index in [1.807, 2.05) is 4.90 Å². The van der Waals surface area contributed by atoms with Crippen LogP contribution in [0.3, 0.4) is 0 Å². The molecule has 0 aliphatic carbocycles. The Morgan fingerprint density at radius 3 is 3.00 bits per heavy atom. The van der Waals surface area contributed by atoms with Crippen molar-refractivity contribution >= 4 is 5.91 Å². The van der Waals surface area contributed by atoms with Crippen LogP contribution in [-0.2, 0) is 9.47 Å². The zero-order chi connectivity index (χ0) is 14.0.